The fraction of sp³-hybridized carbons (Fsp3) is 0.450. The summed E-state index contributed by atoms with van der Waals surface area (Å²) < 4.78 is 11.1. The van der Waals surface area contributed by atoms with Crippen molar-refractivity contribution in [2.45, 2.75) is 26.2 Å². The van der Waals surface area contributed by atoms with Gasteiger partial charge < -0.3 is 19.7 Å². The number of aryl methyl sites for hydroxylation is 1. The third-order valence-corrected chi connectivity index (χ3v) is 4.59. The summed E-state index contributed by atoms with van der Waals surface area (Å²) in [7, 11) is 0. The zero-order chi connectivity index (χ0) is 19.8. The standard InChI is InChI=1S/C20H25ClN4O3/c1-15-23-18(25-10-3-2-4-11-25)13-20(24-15)27-12-9-22-19(26)14-28-17-7-5-16(21)6-8-17/h5-8,13H,2-4,9-12,14H2,1H3,(H,22,26). The van der Waals surface area contributed by atoms with Gasteiger partial charge in [-0.15, -0.1) is 0 Å². The van der Waals surface area contributed by atoms with Crippen molar-refractivity contribution in [2.75, 3.05) is 37.7 Å². The fourth-order valence-electron chi connectivity index (χ4n) is 2.96. The van der Waals surface area contributed by atoms with Crippen molar-refractivity contribution in [3.05, 3.63) is 41.2 Å². The number of amides is 1. The van der Waals surface area contributed by atoms with E-state index in [1.54, 1.807) is 24.3 Å². The second-order valence-corrected chi connectivity index (χ2v) is 7.04. The molecule has 0 atom stereocenters. The largest absolute Gasteiger partial charge is 0.484 e. The number of halogens is 1. The lowest BCUT2D eigenvalue weighted by atomic mass is 10.1. The Hall–Kier alpha value is -2.54. The normalized spacial score (nSPS) is 13.9. The van der Waals surface area contributed by atoms with Crippen LogP contribution >= 0.6 is 11.6 Å². The van der Waals surface area contributed by atoms with Gasteiger partial charge in [0.1, 0.15) is 24.0 Å². The van der Waals surface area contributed by atoms with Crippen LogP contribution in [0.15, 0.2) is 30.3 Å². The van der Waals surface area contributed by atoms with Crippen molar-refractivity contribution in [3.8, 4) is 11.6 Å². The molecule has 0 unspecified atom stereocenters. The Morgan fingerprint density at radius 2 is 1.89 bits per heavy atom. The van der Waals surface area contributed by atoms with E-state index in [0.717, 1.165) is 18.9 Å². The molecule has 2 heterocycles. The maximum absolute atomic E-state index is 11.9. The van der Waals surface area contributed by atoms with Crippen LogP contribution in [0.3, 0.4) is 0 Å². The van der Waals surface area contributed by atoms with Gasteiger partial charge in [0, 0.05) is 24.2 Å². The van der Waals surface area contributed by atoms with Crippen LogP contribution < -0.4 is 19.7 Å². The minimum absolute atomic E-state index is 0.0621. The Balaban J connectivity index is 1.40. The number of hydrogen-bond donors (Lipinski definition) is 1. The van der Waals surface area contributed by atoms with Crippen LogP contribution in [-0.2, 0) is 4.79 Å². The van der Waals surface area contributed by atoms with E-state index >= 15 is 0 Å². The molecule has 1 aromatic heterocycles. The zero-order valence-corrected chi connectivity index (χ0v) is 16.7. The second kappa shape index (κ2) is 10.1. The van der Waals surface area contributed by atoms with Crippen molar-refractivity contribution in [1.82, 2.24) is 15.3 Å². The summed E-state index contributed by atoms with van der Waals surface area (Å²) in [6.07, 6.45) is 3.64. The SMILES string of the molecule is Cc1nc(OCCNC(=O)COc2ccc(Cl)cc2)cc(N2CCCCC2)n1. The summed E-state index contributed by atoms with van der Waals surface area (Å²) in [6.45, 7) is 4.51. The monoisotopic (exact) mass is 404 g/mol. The van der Waals surface area contributed by atoms with Gasteiger partial charge in [-0.1, -0.05) is 11.6 Å². The van der Waals surface area contributed by atoms with Crippen molar-refractivity contribution >= 4 is 23.3 Å². The molecular weight excluding hydrogens is 380 g/mol. The molecule has 0 spiro atoms. The summed E-state index contributed by atoms with van der Waals surface area (Å²) in [4.78, 5) is 23.0. The van der Waals surface area contributed by atoms with Crippen LogP contribution in [0, 0.1) is 6.92 Å². The second-order valence-electron chi connectivity index (χ2n) is 6.60. The molecule has 0 bridgehead atoms. The first kappa shape index (κ1) is 20.2. The molecule has 0 aliphatic carbocycles. The molecule has 1 aliphatic heterocycles. The lowest BCUT2D eigenvalue weighted by Crippen LogP contribution is -2.32. The van der Waals surface area contributed by atoms with E-state index in [1.807, 2.05) is 13.0 Å². The van der Waals surface area contributed by atoms with Gasteiger partial charge in [0.05, 0.1) is 6.54 Å². The van der Waals surface area contributed by atoms with Crippen LogP contribution in [0.25, 0.3) is 0 Å². The number of piperidine rings is 1. The van der Waals surface area contributed by atoms with Gasteiger partial charge in [-0.3, -0.25) is 4.79 Å². The predicted octanol–water partition coefficient (Wildman–Crippen LogP) is 3.00. The van der Waals surface area contributed by atoms with Crippen molar-refractivity contribution < 1.29 is 14.3 Å². The van der Waals surface area contributed by atoms with E-state index in [9.17, 15) is 4.79 Å². The molecule has 2 aromatic rings. The topological polar surface area (TPSA) is 76.6 Å². The van der Waals surface area contributed by atoms with Gasteiger partial charge >= 0.3 is 0 Å². The number of aromatic nitrogens is 2. The summed E-state index contributed by atoms with van der Waals surface area (Å²) in [5.74, 6) is 2.49. The Morgan fingerprint density at radius 1 is 1.14 bits per heavy atom. The Morgan fingerprint density at radius 3 is 2.64 bits per heavy atom. The molecular formula is C20H25ClN4O3. The highest BCUT2D eigenvalue weighted by molar-refractivity contribution is 6.30. The molecule has 150 valence electrons. The van der Waals surface area contributed by atoms with Gasteiger partial charge in [0.15, 0.2) is 6.61 Å². The minimum Gasteiger partial charge on any atom is -0.484 e. The maximum Gasteiger partial charge on any atom is 0.258 e. The molecule has 1 saturated heterocycles. The van der Waals surface area contributed by atoms with Gasteiger partial charge in [-0.2, -0.15) is 4.98 Å². The van der Waals surface area contributed by atoms with Crippen molar-refractivity contribution in [3.63, 3.8) is 0 Å². The third-order valence-electron chi connectivity index (χ3n) is 4.34. The van der Waals surface area contributed by atoms with E-state index in [0.29, 0.717) is 35.6 Å². The first-order chi connectivity index (χ1) is 13.6. The molecule has 0 radical (unpaired) electrons. The molecule has 7 nitrogen and oxygen atoms in total. The van der Waals surface area contributed by atoms with Crippen LogP contribution in [0.4, 0.5) is 5.82 Å². The highest BCUT2D eigenvalue weighted by Crippen LogP contribution is 2.21. The zero-order valence-electron chi connectivity index (χ0n) is 16.0. The van der Waals surface area contributed by atoms with E-state index in [1.165, 1.54) is 19.3 Å². The fourth-order valence-corrected chi connectivity index (χ4v) is 3.09. The molecule has 28 heavy (non-hydrogen) atoms. The lowest BCUT2D eigenvalue weighted by Gasteiger charge is -2.28. The number of ether oxygens (including phenoxy) is 2. The molecule has 1 N–H and O–H groups in total. The summed E-state index contributed by atoms with van der Waals surface area (Å²) in [6, 6.07) is 8.73. The van der Waals surface area contributed by atoms with Crippen LogP contribution in [0.5, 0.6) is 11.6 Å². The summed E-state index contributed by atoms with van der Waals surface area (Å²) in [5, 5.41) is 3.38. The van der Waals surface area contributed by atoms with Gasteiger partial charge in [0.2, 0.25) is 5.88 Å². The summed E-state index contributed by atoms with van der Waals surface area (Å²) in [5.41, 5.74) is 0. The molecule has 1 aromatic carbocycles. The average Bonchev–Trinajstić information content (AvgIpc) is 2.71. The minimum atomic E-state index is -0.216. The van der Waals surface area contributed by atoms with Gasteiger partial charge in [0.25, 0.3) is 5.91 Å². The van der Waals surface area contributed by atoms with Crippen molar-refractivity contribution in [1.29, 1.82) is 0 Å². The number of nitrogens with zero attached hydrogens (tertiary/aromatic N) is 3. The lowest BCUT2D eigenvalue weighted by molar-refractivity contribution is -0.123. The number of rotatable bonds is 8. The summed E-state index contributed by atoms with van der Waals surface area (Å²) >= 11 is 5.81. The van der Waals surface area contributed by atoms with Crippen LogP contribution in [0.1, 0.15) is 25.1 Å². The van der Waals surface area contributed by atoms with E-state index in [4.69, 9.17) is 21.1 Å². The molecule has 1 amide bonds. The van der Waals surface area contributed by atoms with Gasteiger partial charge in [-0.25, -0.2) is 4.98 Å². The maximum atomic E-state index is 11.9. The molecule has 8 heteroatoms. The molecule has 1 fully saturated rings. The number of anilines is 1. The molecule has 3 rings (SSSR count). The predicted molar refractivity (Wildman–Crippen MR) is 108 cm³/mol. The van der Waals surface area contributed by atoms with Crippen molar-refractivity contribution in [2.24, 2.45) is 0 Å². The smallest absolute Gasteiger partial charge is 0.258 e. The number of nitrogens with one attached hydrogen (secondary N) is 1. The third kappa shape index (κ3) is 6.27. The first-order valence-corrected chi connectivity index (χ1v) is 9.86. The Labute approximate surface area is 170 Å². The quantitative estimate of drug-likeness (QED) is 0.681. The molecule has 1 aliphatic rings. The number of carbonyl (C=O) groups is 1. The first-order valence-electron chi connectivity index (χ1n) is 9.49. The number of hydrogen-bond acceptors (Lipinski definition) is 6. The number of benzene rings is 1. The highest BCUT2D eigenvalue weighted by Gasteiger charge is 2.14. The Kier molecular flexibility index (Phi) is 7.31. The van der Waals surface area contributed by atoms with E-state index in [2.05, 4.69) is 20.2 Å². The molecule has 0 saturated carbocycles. The van der Waals surface area contributed by atoms with E-state index in [-0.39, 0.29) is 12.5 Å². The number of carbonyl (C=O) groups excluding carboxylic acids is 1. The van der Waals surface area contributed by atoms with E-state index < -0.39 is 0 Å². The van der Waals surface area contributed by atoms with Crippen LogP contribution in [-0.4, -0.2) is 48.7 Å². The van der Waals surface area contributed by atoms with Crippen LogP contribution in [0.2, 0.25) is 5.02 Å². The Bertz CT molecular complexity index is 780. The highest BCUT2D eigenvalue weighted by atomic mass is 35.5. The van der Waals surface area contributed by atoms with Gasteiger partial charge in [-0.05, 0) is 50.5 Å². The average molecular weight is 405 g/mol.